The second-order valence-electron chi connectivity index (χ2n) is 4.14. The van der Waals surface area contributed by atoms with E-state index in [2.05, 4.69) is 26.1 Å². The SMILES string of the molecule is CCNC(C)C(C)c1ccc(F)c(C)c1. The van der Waals surface area contributed by atoms with Gasteiger partial charge in [-0.15, -0.1) is 0 Å². The van der Waals surface area contributed by atoms with Crippen molar-refractivity contribution in [3.8, 4) is 0 Å². The first-order valence-corrected chi connectivity index (χ1v) is 5.55. The maximum absolute atomic E-state index is 13.1. The molecule has 0 saturated carbocycles. The predicted octanol–water partition coefficient (Wildman–Crippen LogP) is 3.24. The van der Waals surface area contributed by atoms with E-state index >= 15 is 0 Å². The number of benzene rings is 1. The number of halogens is 1. The molecule has 2 heteroatoms. The van der Waals surface area contributed by atoms with Crippen LogP contribution in [0.3, 0.4) is 0 Å². The molecule has 0 bridgehead atoms. The van der Waals surface area contributed by atoms with Crippen LogP contribution in [0.2, 0.25) is 0 Å². The highest BCUT2D eigenvalue weighted by Crippen LogP contribution is 2.21. The highest BCUT2D eigenvalue weighted by molar-refractivity contribution is 5.27. The molecule has 1 rings (SSSR count). The van der Waals surface area contributed by atoms with Crippen LogP contribution in [-0.2, 0) is 0 Å². The van der Waals surface area contributed by atoms with Gasteiger partial charge in [0.2, 0.25) is 0 Å². The number of hydrogen-bond donors (Lipinski definition) is 1. The molecule has 0 amide bonds. The molecule has 1 N–H and O–H groups in total. The van der Waals surface area contributed by atoms with E-state index in [-0.39, 0.29) is 5.82 Å². The van der Waals surface area contributed by atoms with Crippen molar-refractivity contribution in [3.63, 3.8) is 0 Å². The van der Waals surface area contributed by atoms with Gasteiger partial charge in [-0.1, -0.05) is 26.0 Å². The molecule has 0 spiro atoms. The summed E-state index contributed by atoms with van der Waals surface area (Å²) < 4.78 is 13.1. The monoisotopic (exact) mass is 209 g/mol. The van der Waals surface area contributed by atoms with Gasteiger partial charge in [0, 0.05) is 6.04 Å². The standard InChI is InChI=1S/C13H20FN/c1-5-15-11(4)10(3)12-6-7-13(14)9(2)8-12/h6-8,10-11,15H,5H2,1-4H3. The first kappa shape index (κ1) is 12.2. The molecule has 2 unspecified atom stereocenters. The van der Waals surface area contributed by atoms with E-state index in [1.54, 1.807) is 6.07 Å². The molecule has 1 aromatic carbocycles. The predicted molar refractivity (Wildman–Crippen MR) is 62.7 cm³/mol. The van der Waals surface area contributed by atoms with Crippen LogP contribution in [0.1, 0.15) is 37.8 Å². The van der Waals surface area contributed by atoms with Gasteiger partial charge in [-0.3, -0.25) is 0 Å². The van der Waals surface area contributed by atoms with Crippen LogP contribution in [-0.4, -0.2) is 12.6 Å². The molecular weight excluding hydrogens is 189 g/mol. The van der Waals surface area contributed by atoms with Gasteiger partial charge in [0.15, 0.2) is 0 Å². The fourth-order valence-electron chi connectivity index (χ4n) is 1.74. The van der Waals surface area contributed by atoms with Crippen LogP contribution in [0.5, 0.6) is 0 Å². The summed E-state index contributed by atoms with van der Waals surface area (Å²) >= 11 is 0. The maximum Gasteiger partial charge on any atom is 0.126 e. The van der Waals surface area contributed by atoms with E-state index in [4.69, 9.17) is 0 Å². The third kappa shape index (κ3) is 3.03. The van der Waals surface area contributed by atoms with Crippen molar-refractivity contribution in [2.75, 3.05) is 6.54 Å². The lowest BCUT2D eigenvalue weighted by Crippen LogP contribution is -2.30. The Bertz CT molecular complexity index is 322. The van der Waals surface area contributed by atoms with Crippen molar-refractivity contribution in [1.29, 1.82) is 0 Å². The van der Waals surface area contributed by atoms with Crippen molar-refractivity contribution in [1.82, 2.24) is 5.32 Å². The second kappa shape index (κ2) is 5.26. The molecule has 84 valence electrons. The Morgan fingerprint density at radius 1 is 1.33 bits per heavy atom. The Kier molecular flexibility index (Phi) is 4.28. The van der Waals surface area contributed by atoms with E-state index in [1.807, 2.05) is 19.1 Å². The third-order valence-corrected chi connectivity index (χ3v) is 2.98. The minimum absolute atomic E-state index is 0.123. The number of hydrogen-bond acceptors (Lipinski definition) is 1. The molecule has 0 radical (unpaired) electrons. The lowest BCUT2D eigenvalue weighted by Gasteiger charge is -2.21. The molecule has 2 atom stereocenters. The second-order valence-corrected chi connectivity index (χ2v) is 4.14. The Morgan fingerprint density at radius 3 is 2.53 bits per heavy atom. The average Bonchev–Trinajstić information content (AvgIpc) is 2.21. The van der Waals surface area contributed by atoms with Gasteiger partial charge in [0.1, 0.15) is 5.82 Å². The van der Waals surface area contributed by atoms with Crippen LogP contribution in [0, 0.1) is 12.7 Å². The lowest BCUT2D eigenvalue weighted by atomic mass is 9.93. The summed E-state index contributed by atoms with van der Waals surface area (Å²) in [4.78, 5) is 0. The highest BCUT2D eigenvalue weighted by Gasteiger charge is 2.13. The Morgan fingerprint density at radius 2 is 2.00 bits per heavy atom. The summed E-state index contributed by atoms with van der Waals surface area (Å²) in [7, 11) is 0. The average molecular weight is 209 g/mol. The van der Waals surface area contributed by atoms with Crippen LogP contribution < -0.4 is 5.32 Å². The summed E-state index contributed by atoms with van der Waals surface area (Å²) in [5, 5.41) is 3.38. The van der Waals surface area contributed by atoms with Gasteiger partial charge in [-0.05, 0) is 43.5 Å². The quantitative estimate of drug-likeness (QED) is 0.802. The molecule has 15 heavy (non-hydrogen) atoms. The van der Waals surface area contributed by atoms with Crippen molar-refractivity contribution < 1.29 is 4.39 Å². The molecule has 0 aromatic heterocycles. The zero-order valence-corrected chi connectivity index (χ0v) is 9.97. The van der Waals surface area contributed by atoms with E-state index in [0.717, 1.165) is 12.1 Å². The van der Waals surface area contributed by atoms with Gasteiger partial charge < -0.3 is 5.32 Å². The largest absolute Gasteiger partial charge is 0.314 e. The summed E-state index contributed by atoms with van der Waals surface area (Å²) in [5.41, 5.74) is 1.92. The molecule has 0 saturated heterocycles. The molecular formula is C13H20FN. The summed E-state index contributed by atoms with van der Waals surface area (Å²) in [6, 6.07) is 5.79. The minimum Gasteiger partial charge on any atom is -0.314 e. The number of nitrogens with one attached hydrogen (secondary N) is 1. The van der Waals surface area contributed by atoms with Crippen LogP contribution in [0.25, 0.3) is 0 Å². The van der Waals surface area contributed by atoms with Gasteiger partial charge in [0.25, 0.3) is 0 Å². The van der Waals surface area contributed by atoms with Gasteiger partial charge in [-0.2, -0.15) is 0 Å². The fourth-order valence-corrected chi connectivity index (χ4v) is 1.74. The first-order chi connectivity index (χ1) is 7.06. The van der Waals surface area contributed by atoms with E-state index in [1.165, 1.54) is 5.56 Å². The Hall–Kier alpha value is -0.890. The molecule has 0 aliphatic rings. The zero-order valence-electron chi connectivity index (χ0n) is 9.97. The van der Waals surface area contributed by atoms with E-state index in [9.17, 15) is 4.39 Å². The fraction of sp³-hybridized carbons (Fsp3) is 0.538. The van der Waals surface area contributed by atoms with Crippen LogP contribution in [0.15, 0.2) is 18.2 Å². The molecule has 0 aliphatic carbocycles. The number of rotatable bonds is 4. The zero-order chi connectivity index (χ0) is 11.4. The normalized spacial score (nSPS) is 15.0. The number of likely N-dealkylation sites (N-methyl/N-ethyl adjacent to an activating group) is 1. The topological polar surface area (TPSA) is 12.0 Å². The smallest absolute Gasteiger partial charge is 0.126 e. The van der Waals surface area contributed by atoms with Crippen molar-refractivity contribution in [2.24, 2.45) is 0 Å². The molecule has 1 aromatic rings. The van der Waals surface area contributed by atoms with Gasteiger partial charge >= 0.3 is 0 Å². The van der Waals surface area contributed by atoms with Crippen molar-refractivity contribution in [2.45, 2.75) is 39.7 Å². The maximum atomic E-state index is 13.1. The lowest BCUT2D eigenvalue weighted by molar-refractivity contribution is 0.494. The Labute approximate surface area is 91.7 Å². The van der Waals surface area contributed by atoms with E-state index in [0.29, 0.717) is 12.0 Å². The summed E-state index contributed by atoms with van der Waals surface area (Å²) in [6.45, 7) is 9.20. The third-order valence-electron chi connectivity index (χ3n) is 2.98. The van der Waals surface area contributed by atoms with Crippen LogP contribution >= 0.6 is 0 Å². The van der Waals surface area contributed by atoms with E-state index < -0.39 is 0 Å². The summed E-state index contributed by atoms with van der Waals surface area (Å²) in [5.74, 6) is 0.284. The minimum atomic E-state index is -0.123. The van der Waals surface area contributed by atoms with Crippen molar-refractivity contribution in [3.05, 3.63) is 35.1 Å². The van der Waals surface area contributed by atoms with Crippen molar-refractivity contribution >= 4 is 0 Å². The molecule has 0 fully saturated rings. The molecule has 0 aliphatic heterocycles. The number of aryl methyl sites for hydroxylation is 1. The van der Waals surface area contributed by atoms with Crippen LogP contribution in [0.4, 0.5) is 4.39 Å². The van der Waals surface area contributed by atoms with Gasteiger partial charge in [0.05, 0.1) is 0 Å². The molecule has 0 heterocycles. The summed E-state index contributed by atoms with van der Waals surface area (Å²) in [6.07, 6.45) is 0. The first-order valence-electron chi connectivity index (χ1n) is 5.55. The van der Waals surface area contributed by atoms with Gasteiger partial charge in [-0.25, -0.2) is 4.39 Å². The molecule has 1 nitrogen and oxygen atoms in total. The highest BCUT2D eigenvalue weighted by atomic mass is 19.1. The Balaban J connectivity index is 2.81.